The van der Waals surface area contributed by atoms with E-state index in [1.54, 1.807) is 0 Å². The Kier molecular flexibility index (Phi) is 4.88. The van der Waals surface area contributed by atoms with Crippen LogP contribution >= 0.6 is 0 Å². The van der Waals surface area contributed by atoms with E-state index in [1.165, 1.54) is 11.1 Å². The van der Waals surface area contributed by atoms with E-state index >= 15 is 0 Å². The van der Waals surface area contributed by atoms with Gasteiger partial charge in [-0.2, -0.15) is 0 Å². The second kappa shape index (κ2) is 6.64. The van der Waals surface area contributed by atoms with Crippen LogP contribution in [0, 0.1) is 0 Å². The smallest absolute Gasteiger partial charge is 0.0428 e. The molecule has 0 aromatic heterocycles. The highest BCUT2D eigenvalue weighted by atomic mass is 32.2. The average Bonchev–Trinajstić information content (AvgIpc) is 2.48. The van der Waals surface area contributed by atoms with Gasteiger partial charge in [0, 0.05) is 28.3 Å². The zero-order chi connectivity index (χ0) is 13.7. The van der Waals surface area contributed by atoms with Gasteiger partial charge < -0.3 is 5.73 Å². The summed E-state index contributed by atoms with van der Waals surface area (Å²) in [6.07, 6.45) is 0. The molecule has 2 atom stereocenters. The third kappa shape index (κ3) is 3.75. The Morgan fingerprint density at radius 3 is 2.16 bits per heavy atom. The van der Waals surface area contributed by atoms with Gasteiger partial charge >= 0.3 is 0 Å². The molecule has 2 rings (SSSR count). The summed E-state index contributed by atoms with van der Waals surface area (Å²) in [4.78, 5) is 0. The van der Waals surface area contributed by atoms with Crippen molar-refractivity contribution in [3.05, 3.63) is 60.2 Å². The molecule has 0 radical (unpaired) electrons. The third-order valence-electron chi connectivity index (χ3n) is 3.13. The molecule has 0 amide bonds. The van der Waals surface area contributed by atoms with Crippen LogP contribution < -0.4 is 5.73 Å². The monoisotopic (exact) mass is 273 g/mol. The van der Waals surface area contributed by atoms with Gasteiger partial charge in [0.2, 0.25) is 0 Å². The van der Waals surface area contributed by atoms with Crippen LogP contribution in [0.3, 0.4) is 0 Å². The number of nitrogens with two attached hydrogens (primary N) is 1. The minimum Gasteiger partial charge on any atom is -0.323 e. The third-order valence-corrected chi connectivity index (χ3v) is 4.51. The predicted octanol–water partition coefficient (Wildman–Crippen LogP) is 3.12. The Balaban J connectivity index is 2.12. The highest BCUT2D eigenvalue weighted by Gasteiger charge is 2.09. The predicted molar refractivity (Wildman–Crippen MR) is 82.4 cm³/mol. The van der Waals surface area contributed by atoms with Gasteiger partial charge in [-0.1, -0.05) is 61.5 Å². The molecule has 0 aliphatic heterocycles. The van der Waals surface area contributed by atoms with Crippen molar-refractivity contribution in [3.63, 3.8) is 0 Å². The lowest BCUT2D eigenvalue weighted by molar-refractivity contribution is 0.676. The molecule has 0 bridgehead atoms. The van der Waals surface area contributed by atoms with Gasteiger partial charge in [-0.15, -0.1) is 0 Å². The van der Waals surface area contributed by atoms with E-state index in [0.29, 0.717) is 11.5 Å². The van der Waals surface area contributed by atoms with E-state index in [2.05, 4.69) is 24.3 Å². The van der Waals surface area contributed by atoms with E-state index < -0.39 is 10.8 Å². The maximum Gasteiger partial charge on any atom is 0.0428 e. The van der Waals surface area contributed by atoms with Crippen LogP contribution in [-0.2, 0) is 10.8 Å². The summed E-state index contributed by atoms with van der Waals surface area (Å²) in [5.41, 5.74) is 9.48. The number of hydrogen-bond acceptors (Lipinski definition) is 2. The highest BCUT2D eigenvalue weighted by Crippen LogP contribution is 2.21. The van der Waals surface area contributed by atoms with Crippen molar-refractivity contribution in [3.8, 4) is 11.1 Å². The normalized spacial score (nSPS) is 14.0. The van der Waals surface area contributed by atoms with Gasteiger partial charge in [0.25, 0.3) is 0 Å². The summed E-state index contributed by atoms with van der Waals surface area (Å²) >= 11 is 0. The fourth-order valence-electron chi connectivity index (χ4n) is 1.97. The van der Waals surface area contributed by atoms with Crippen LogP contribution in [-0.4, -0.2) is 15.7 Å². The second-order valence-electron chi connectivity index (χ2n) is 4.49. The molecule has 0 saturated carbocycles. The first kappa shape index (κ1) is 14.0. The topological polar surface area (TPSA) is 43.1 Å². The minimum atomic E-state index is -0.824. The van der Waals surface area contributed by atoms with Gasteiger partial charge in [0.1, 0.15) is 0 Å². The van der Waals surface area contributed by atoms with Crippen LogP contribution in [0.4, 0.5) is 0 Å². The molecule has 2 unspecified atom stereocenters. The number of hydrogen-bond donors (Lipinski definition) is 1. The Bertz CT molecular complexity index is 536. The number of rotatable bonds is 5. The molecule has 0 aliphatic rings. The fourth-order valence-corrected chi connectivity index (χ4v) is 2.80. The first-order chi connectivity index (χ1) is 9.20. The number of benzene rings is 2. The molecule has 0 aliphatic carbocycles. The molecular formula is C16H19NOS. The Morgan fingerprint density at radius 2 is 1.58 bits per heavy atom. The molecule has 3 heteroatoms. The lowest BCUT2D eigenvalue weighted by atomic mass is 10.0. The summed E-state index contributed by atoms with van der Waals surface area (Å²) in [6.45, 7) is 1.92. The quantitative estimate of drug-likeness (QED) is 0.909. The van der Waals surface area contributed by atoms with Gasteiger partial charge in [0.05, 0.1) is 0 Å². The molecule has 0 saturated heterocycles. The van der Waals surface area contributed by atoms with Crippen molar-refractivity contribution < 1.29 is 4.21 Å². The zero-order valence-electron chi connectivity index (χ0n) is 11.1. The van der Waals surface area contributed by atoms with Crippen LogP contribution in [0.25, 0.3) is 11.1 Å². The molecule has 2 aromatic carbocycles. The summed E-state index contributed by atoms with van der Waals surface area (Å²) in [5, 5.41) is 0. The molecule has 2 nitrogen and oxygen atoms in total. The Hall–Kier alpha value is -1.45. The SMILES string of the molecule is CCS(=O)CC(N)c1ccc(-c2ccccc2)cc1. The Morgan fingerprint density at radius 1 is 1.00 bits per heavy atom. The van der Waals surface area contributed by atoms with Gasteiger partial charge in [-0.05, 0) is 16.7 Å². The first-order valence-corrected chi connectivity index (χ1v) is 7.95. The van der Waals surface area contributed by atoms with Crippen molar-refractivity contribution in [2.45, 2.75) is 13.0 Å². The Labute approximate surface area is 117 Å². The first-order valence-electron chi connectivity index (χ1n) is 6.46. The van der Waals surface area contributed by atoms with Crippen molar-refractivity contribution in [2.75, 3.05) is 11.5 Å². The van der Waals surface area contributed by atoms with Gasteiger partial charge in [-0.3, -0.25) is 4.21 Å². The molecule has 2 aromatic rings. The maximum absolute atomic E-state index is 11.5. The van der Waals surface area contributed by atoms with Crippen molar-refractivity contribution in [1.82, 2.24) is 0 Å². The summed E-state index contributed by atoms with van der Waals surface area (Å²) < 4.78 is 11.5. The summed E-state index contributed by atoms with van der Waals surface area (Å²) in [6, 6.07) is 18.3. The largest absolute Gasteiger partial charge is 0.323 e. The fraction of sp³-hybridized carbons (Fsp3) is 0.250. The standard InChI is InChI=1S/C16H19NOS/c1-2-19(18)12-16(17)15-10-8-14(9-11-15)13-6-4-3-5-7-13/h3-11,16H,2,12,17H2,1H3. The minimum absolute atomic E-state index is 0.148. The molecule has 100 valence electrons. The highest BCUT2D eigenvalue weighted by molar-refractivity contribution is 7.84. The summed E-state index contributed by atoms with van der Waals surface area (Å²) in [5.74, 6) is 1.19. The molecule has 19 heavy (non-hydrogen) atoms. The molecule has 0 fully saturated rings. The molecular weight excluding hydrogens is 254 g/mol. The van der Waals surface area contributed by atoms with E-state index in [1.807, 2.05) is 37.3 Å². The van der Waals surface area contributed by atoms with Crippen LogP contribution in [0.5, 0.6) is 0 Å². The van der Waals surface area contributed by atoms with Crippen LogP contribution in [0.1, 0.15) is 18.5 Å². The molecule has 2 N–H and O–H groups in total. The van der Waals surface area contributed by atoms with E-state index in [-0.39, 0.29) is 6.04 Å². The summed E-state index contributed by atoms with van der Waals surface area (Å²) in [7, 11) is -0.824. The van der Waals surface area contributed by atoms with E-state index in [0.717, 1.165) is 5.56 Å². The maximum atomic E-state index is 11.5. The van der Waals surface area contributed by atoms with Gasteiger partial charge in [0.15, 0.2) is 0 Å². The zero-order valence-corrected chi connectivity index (χ0v) is 11.9. The van der Waals surface area contributed by atoms with Crippen molar-refractivity contribution in [1.29, 1.82) is 0 Å². The van der Waals surface area contributed by atoms with Crippen molar-refractivity contribution in [2.24, 2.45) is 5.73 Å². The second-order valence-corrected chi connectivity index (χ2v) is 6.28. The molecule has 0 heterocycles. The van der Waals surface area contributed by atoms with Crippen molar-refractivity contribution >= 4 is 10.8 Å². The van der Waals surface area contributed by atoms with Gasteiger partial charge in [-0.25, -0.2) is 0 Å². The van der Waals surface area contributed by atoms with E-state index in [9.17, 15) is 4.21 Å². The average molecular weight is 273 g/mol. The van der Waals surface area contributed by atoms with E-state index in [4.69, 9.17) is 5.73 Å². The lowest BCUT2D eigenvalue weighted by Gasteiger charge is -2.12. The van der Waals surface area contributed by atoms with Crippen LogP contribution in [0.15, 0.2) is 54.6 Å². The molecule has 0 spiro atoms. The lowest BCUT2D eigenvalue weighted by Crippen LogP contribution is -2.18. The van der Waals surface area contributed by atoms with Crippen LogP contribution in [0.2, 0.25) is 0 Å².